The zero-order valence-electron chi connectivity index (χ0n) is 17.4. The highest BCUT2D eigenvalue weighted by molar-refractivity contribution is 6.31. The Bertz CT molecular complexity index is 1200. The lowest BCUT2D eigenvalue weighted by atomic mass is 10.1. The Morgan fingerprint density at radius 2 is 1.76 bits per heavy atom. The average molecular weight is 479 g/mol. The van der Waals surface area contributed by atoms with E-state index in [1.54, 1.807) is 0 Å². The van der Waals surface area contributed by atoms with Crippen LogP contribution in [0.2, 0.25) is 5.02 Å². The monoisotopic (exact) mass is 478 g/mol. The number of ether oxygens (including phenoxy) is 1. The zero-order valence-corrected chi connectivity index (χ0v) is 18.1. The molecule has 1 aromatic heterocycles. The topological polar surface area (TPSA) is 92.4 Å². The van der Waals surface area contributed by atoms with Gasteiger partial charge in [-0.2, -0.15) is 0 Å². The van der Waals surface area contributed by atoms with Crippen molar-refractivity contribution < 1.29 is 27.5 Å². The first-order valence-corrected chi connectivity index (χ1v) is 9.86. The fourth-order valence-electron chi connectivity index (χ4n) is 2.75. The minimum absolute atomic E-state index is 0.0541. The number of pyridine rings is 1. The molecule has 172 valence electrons. The summed E-state index contributed by atoms with van der Waals surface area (Å²) in [6.45, 7) is 0.683. The number of nitrogens with one attached hydrogen (secondary N) is 3. The predicted molar refractivity (Wildman–Crippen MR) is 118 cm³/mol. The summed E-state index contributed by atoms with van der Waals surface area (Å²) in [5.74, 6) is -4.05. The molecule has 0 spiro atoms. The molecule has 7 nitrogen and oxygen atoms in total. The maximum atomic E-state index is 14.5. The maximum Gasteiger partial charge on any atom is 0.323 e. The van der Waals surface area contributed by atoms with Crippen LogP contribution in [0.15, 0.2) is 54.7 Å². The van der Waals surface area contributed by atoms with Crippen LogP contribution in [0.4, 0.5) is 29.3 Å². The molecule has 0 radical (unpaired) electrons. The van der Waals surface area contributed by atoms with Gasteiger partial charge in [0.15, 0.2) is 0 Å². The summed E-state index contributed by atoms with van der Waals surface area (Å²) in [4.78, 5) is 27.8. The third-order valence-electron chi connectivity index (χ3n) is 4.31. The Labute approximate surface area is 191 Å². The molecule has 3 amide bonds. The molecule has 0 atom stereocenters. The second-order valence-corrected chi connectivity index (χ2v) is 7.27. The molecule has 0 bridgehead atoms. The Kier molecular flexibility index (Phi) is 7.07. The van der Waals surface area contributed by atoms with E-state index < -0.39 is 29.2 Å². The van der Waals surface area contributed by atoms with Crippen LogP contribution in [-0.4, -0.2) is 24.0 Å². The van der Waals surface area contributed by atoms with Crippen LogP contribution < -0.4 is 20.7 Å². The number of halogens is 4. The number of hydrogen-bond donors (Lipinski definition) is 3. The highest BCUT2D eigenvalue weighted by Gasteiger charge is 2.27. The van der Waals surface area contributed by atoms with E-state index in [-0.39, 0.29) is 33.6 Å². The van der Waals surface area contributed by atoms with Crippen molar-refractivity contribution in [2.75, 3.05) is 17.7 Å². The van der Waals surface area contributed by atoms with Gasteiger partial charge in [-0.1, -0.05) is 11.6 Å². The largest absolute Gasteiger partial charge is 0.457 e. The Morgan fingerprint density at radius 1 is 1.03 bits per heavy atom. The van der Waals surface area contributed by atoms with Gasteiger partial charge in [0.1, 0.15) is 23.0 Å². The number of amides is 3. The van der Waals surface area contributed by atoms with Crippen LogP contribution in [0, 0.1) is 5.82 Å². The molecule has 3 aromatic rings. The fraction of sp³-hybridized carbons (Fsp3) is 0.136. The fourth-order valence-corrected chi connectivity index (χ4v) is 3.03. The first-order valence-electron chi connectivity index (χ1n) is 9.48. The molecule has 0 unspecified atom stereocenters. The summed E-state index contributed by atoms with van der Waals surface area (Å²) in [6.07, 6.45) is 1.37. The van der Waals surface area contributed by atoms with Gasteiger partial charge >= 0.3 is 6.03 Å². The van der Waals surface area contributed by atoms with E-state index in [1.807, 2.05) is 0 Å². The number of benzene rings is 2. The molecule has 11 heteroatoms. The van der Waals surface area contributed by atoms with Crippen molar-refractivity contribution in [2.45, 2.75) is 12.8 Å². The smallest absolute Gasteiger partial charge is 0.323 e. The lowest BCUT2D eigenvalue weighted by Gasteiger charge is -2.15. The molecule has 2 aromatic carbocycles. The molecule has 0 saturated heterocycles. The Morgan fingerprint density at radius 3 is 2.42 bits per heavy atom. The van der Waals surface area contributed by atoms with Gasteiger partial charge < -0.3 is 20.7 Å². The summed E-state index contributed by atoms with van der Waals surface area (Å²) in [7, 11) is 1.46. The zero-order chi connectivity index (χ0) is 24.2. The summed E-state index contributed by atoms with van der Waals surface area (Å²) >= 11 is 5.78. The number of carbonyl (C=O) groups is 2. The predicted octanol–water partition coefficient (Wildman–Crippen LogP) is 5.78. The minimum Gasteiger partial charge on any atom is -0.457 e. The molecular formula is C22H18ClF3N4O3. The highest BCUT2D eigenvalue weighted by atomic mass is 35.5. The lowest BCUT2D eigenvalue weighted by Crippen LogP contribution is -2.20. The van der Waals surface area contributed by atoms with E-state index in [1.165, 1.54) is 49.6 Å². The standard InChI is InChI=1S/C22H18ClF3N4O3/c1-22(25,26)15-9-12(3-5-16(15)23)29-21(32)30-18-6-4-13(10-17(18)24)33-14-7-8-28-19(11-14)20(31)27-2/h3-11H,1-2H3,(H,27,31)(H2,29,30,32). The minimum atomic E-state index is -3.21. The van der Waals surface area contributed by atoms with Gasteiger partial charge in [0, 0.05) is 48.6 Å². The molecule has 33 heavy (non-hydrogen) atoms. The number of urea groups is 1. The van der Waals surface area contributed by atoms with Crippen molar-refractivity contribution in [3.8, 4) is 11.5 Å². The summed E-state index contributed by atoms with van der Waals surface area (Å²) in [6, 6.07) is 9.33. The van der Waals surface area contributed by atoms with Crippen molar-refractivity contribution in [2.24, 2.45) is 0 Å². The van der Waals surface area contributed by atoms with Crippen molar-refractivity contribution >= 4 is 34.9 Å². The number of anilines is 2. The van der Waals surface area contributed by atoms with Crippen LogP contribution in [0.1, 0.15) is 23.0 Å². The summed E-state index contributed by atoms with van der Waals surface area (Å²) in [5, 5.41) is 6.92. The van der Waals surface area contributed by atoms with Crippen molar-refractivity contribution in [1.82, 2.24) is 10.3 Å². The summed E-state index contributed by atoms with van der Waals surface area (Å²) < 4.78 is 47.2. The molecule has 1 heterocycles. The number of aromatic nitrogens is 1. The molecular weight excluding hydrogens is 461 g/mol. The number of rotatable bonds is 6. The van der Waals surface area contributed by atoms with Crippen LogP contribution in [0.3, 0.4) is 0 Å². The van der Waals surface area contributed by atoms with E-state index in [2.05, 4.69) is 20.9 Å². The van der Waals surface area contributed by atoms with Crippen LogP contribution >= 0.6 is 11.6 Å². The van der Waals surface area contributed by atoms with Crippen LogP contribution in [0.25, 0.3) is 0 Å². The van der Waals surface area contributed by atoms with E-state index in [4.69, 9.17) is 16.3 Å². The molecule has 0 aliphatic rings. The quantitative estimate of drug-likeness (QED) is 0.418. The first-order chi connectivity index (χ1) is 15.6. The van der Waals surface area contributed by atoms with Gasteiger partial charge in [0.2, 0.25) is 0 Å². The van der Waals surface area contributed by atoms with Gasteiger partial charge in [0.05, 0.1) is 5.69 Å². The van der Waals surface area contributed by atoms with Crippen molar-refractivity contribution in [3.05, 3.63) is 76.8 Å². The molecule has 0 aliphatic carbocycles. The van der Waals surface area contributed by atoms with Gasteiger partial charge in [-0.3, -0.25) is 9.78 Å². The van der Waals surface area contributed by atoms with Crippen molar-refractivity contribution in [3.63, 3.8) is 0 Å². The Balaban J connectivity index is 1.68. The van der Waals surface area contributed by atoms with Crippen molar-refractivity contribution in [1.29, 1.82) is 0 Å². The lowest BCUT2D eigenvalue weighted by molar-refractivity contribution is 0.0176. The molecule has 0 saturated carbocycles. The first kappa shape index (κ1) is 23.9. The average Bonchev–Trinajstić information content (AvgIpc) is 2.76. The van der Waals surface area contributed by atoms with E-state index in [0.29, 0.717) is 6.92 Å². The number of nitrogens with zero attached hydrogens (tertiary/aromatic N) is 1. The van der Waals surface area contributed by atoms with Crippen LogP contribution in [-0.2, 0) is 5.92 Å². The van der Waals surface area contributed by atoms with Gasteiger partial charge in [0.25, 0.3) is 11.8 Å². The Hall–Kier alpha value is -3.79. The number of hydrogen-bond acceptors (Lipinski definition) is 4. The summed E-state index contributed by atoms with van der Waals surface area (Å²) in [5.41, 5.74) is -0.448. The van der Waals surface area contributed by atoms with Gasteiger partial charge in [-0.05, 0) is 36.4 Å². The van der Waals surface area contributed by atoms with Gasteiger partial charge in [-0.25, -0.2) is 18.0 Å². The molecule has 0 aliphatic heterocycles. The van der Waals surface area contributed by atoms with Gasteiger partial charge in [-0.15, -0.1) is 0 Å². The van der Waals surface area contributed by atoms with Crippen LogP contribution in [0.5, 0.6) is 11.5 Å². The molecule has 0 fully saturated rings. The molecule has 3 rings (SSSR count). The third-order valence-corrected chi connectivity index (χ3v) is 4.64. The normalized spacial score (nSPS) is 11.0. The number of alkyl halides is 2. The second-order valence-electron chi connectivity index (χ2n) is 6.86. The van der Waals surface area contributed by atoms with E-state index in [0.717, 1.165) is 12.1 Å². The van der Waals surface area contributed by atoms with E-state index >= 15 is 0 Å². The maximum absolute atomic E-state index is 14.5. The SMILES string of the molecule is CNC(=O)c1cc(Oc2ccc(NC(=O)Nc3ccc(Cl)c(C(C)(F)F)c3)c(F)c2)ccn1. The highest BCUT2D eigenvalue weighted by Crippen LogP contribution is 2.34. The second kappa shape index (κ2) is 9.78. The molecule has 3 N–H and O–H groups in total. The van der Waals surface area contributed by atoms with E-state index in [9.17, 15) is 22.8 Å². The number of carbonyl (C=O) groups excluding carboxylic acids is 2. The third kappa shape index (κ3) is 6.13.